The highest BCUT2D eigenvalue weighted by atomic mass is 32.2. The molecule has 0 aliphatic heterocycles. The largest absolute Gasteiger partial charge is 0.279 e. The van der Waals surface area contributed by atoms with Crippen LogP contribution in [0, 0.1) is 34.2 Å². The summed E-state index contributed by atoms with van der Waals surface area (Å²) in [6.07, 6.45) is 0. The number of nitrogens with zero attached hydrogens (tertiary/aromatic N) is 2. The second kappa shape index (κ2) is 6.02. The molecule has 0 radical (unpaired) electrons. The van der Waals surface area contributed by atoms with Crippen LogP contribution in [-0.2, 0) is 10.0 Å². The lowest BCUT2D eigenvalue weighted by Crippen LogP contribution is -2.15. The van der Waals surface area contributed by atoms with Gasteiger partial charge < -0.3 is 0 Å². The lowest BCUT2D eigenvalue weighted by atomic mass is 10.2. The van der Waals surface area contributed by atoms with Crippen LogP contribution in [0.15, 0.2) is 41.3 Å². The number of rotatable bonds is 4. The molecule has 7 nitrogen and oxygen atoms in total. The Bertz CT molecular complexity index is 936. The summed E-state index contributed by atoms with van der Waals surface area (Å²) in [5, 5.41) is 19.5. The molecule has 9 heteroatoms. The normalized spacial score (nSPS) is 10.8. The molecule has 0 spiro atoms. The van der Waals surface area contributed by atoms with E-state index in [9.17, 15) is 22.9 Å². The van der Waals surface area contributed by atoms with Crippen molar-refractivity contribution in [3.63, 3.8) is 0 Å². The van der Waals surface area contributed by atoms with E-state index in [0.717, 1.165) is 18.2 Å². The quantitative estimate of drug-likeness (QED) is 0.681. The lowest BCUT2D eigenvalue weighted by molar-refractivity contribution is -0.385. The third kappa shape index (κ3) is 3.27. The van der Waals surface area contributed by atoms with Crippen LogP contribution in [0.25, 0.3) is 0 Å². The smallest absolute Gasteiger partial charge is 0.274 e. The fraction of sp³-hybridized carbons (Fsp3) is 0.0714. The Labute approximate surface area is 131 Å². The molecule has 0 bridgehead atoms. The van der Waals surface area contributed by atoms with Gasteiger partial charge in [0.15, 0.2) is 0 Å². The van der Waals surface area contributed by atoms with Crippen LogP contribution < -0.4 is 4.72 Å². The molecule has 2 rings (SSSR count). The molecule has 23 heavy (non-hydrogen) atoms. The number of hydrogen-bond donors (Lipinski definition) is 1. The van der Waals surface area contributed by atoms with Gasteiger partial charge in [0.2, 0.25) is 0 Å². The summed E-state index contributed by atoms with van der Waals surface area (Å²) in [5.74, 6) is -1.08. The van der Waals surface area contributed by atoms with Gasteiger partial charge in [-0.3, -0.25) is 14.8 Å². The molecule has 0 fully saturated rings. The molecule has 1 N–H and O–H groups in total. The van der Waals surface area contributed by atoms with Crippen molar-refractivity contribution < 1.29 is 17.7 Å². The van der Waals surface area contributed by atoms with Crippen molar-refractivity contribution in [3.8, 4) is 6.07 Å². The molecule has 0 aliphatic rings. The van der Waals surface area contributed by atoms with Crippen LogP contribution in [0.4, 0.5) is 15.8 Å². The van der Waals surface area contributed by atoms with Crippen molar-refractivity contribution in [3.05, 3.63) is 63.5 Å². The van der Waals surface area contributed by atoms with Gasteiger partial charge in [-0.2, -0.15) is 5.26 Å². The van der Waals surface area contributed by atoms with Gasteiger partial charge in [0.25, 0.3) is 15.7 Å². The standard InChI is InChI=1S/C14H10FN3O4S/c1-9-12(3-2-4-13(9)18(19)20)17-23(21,22)14-6-5-10(8-16)7-11(14)15/h2-7,17H,1H3. The molecule has 2 aromatic carbocycles. The predicted molar refractivity (Wildman–Crippen MR) is 79.8 cm³/mol. The number of benzene rings is 2. The molecular weight excluding hydrogens is 325 g/mol. The molecule has 0 aromatic heterocycles. The van der Waals surface area contributed by atoms with Crippen LogP contribution in [0.2, 0.25) is 0 Å². The first-order chi connectivity index (χ1) is 10.8. The summed E-state index contributed by atoms with van der Waals surface area (Å²) in [5.41, 5.74) is -0.198. The Balaban J connectivity index is 2.46. The Hall–Kier alpha value is -2.99. The first-order valence-corrected chi connectivity index (χ1v) is 7.71. The Morgan fingerprint density at radius 3 is 2.57 bits per heavy atom. The second-order valence-corrected chi connectivity index (χ2v) is 6.22. The van der Waals surface area contributed by atoms with E-state index in [0.29, 0.717) is 0 Å². The van der Waals surface area contributed by atoms with Crippen LogP contribution >= 0.6 is 0 Å². The van der Waals surface area contributed by atoms with E-state index < -0.39 is 25.7 Å². The minimum Gasteiger partial charge on any atom is -0.279 e. The Kier molecular flexibility index (Phi) is 4.29. The van der Waals surface area contributed by atoms with E-state index in [2.05, 4.69) is 4.72 Å². The van der Waals surface area contributed by atoms with E-state index in [-0.39, 0.29) is 22.5 Å². The van der Waals surface area contributed by atoms with Crippen LogP contribution in [0.5, 0.6) is 0 Å². The van der Waals surface area contributed by atoms with Gasteiger partial charge in [0, 0.05) is 6.07 Å². The average molecular weight is 335 g/mol. The summed E-state index contributed by atoms with van der Waals surface area (Å²) in [7, 11) is -4.29. The molecule has 2 aromatic rings. The number of nitriles is 1. The number of nitro benzene ring substituents is 1. The summed E-state index contributed by atoms with van der Waals surface area (Å²) in [6, 6.07) is 8.51. The minimum absolute atomic E-state index is 0.0204. The van der Waals surface area contributed by atoms with Crippen molar-refractivity contribution in [2.24, 2.45) is 0 Å². The molecule has 0 aliphatic carbocycles. The second-order valence-electron chi connectivity index (χ2n) is 4.57. The van der Waals surface area contributed by atoms with E-state index in [4.69, 9.17) is 5.26 Å². The van der Waals surface area contributed by atoms with Crippen molar-refractivity contribution in [2.45, 2.75) is 11.8 Å². The first-order valence-electron chi connectivity index (χ1n) is 6.22. The van der Waals surface area contributed by atoms with Crippen molar-refractivity contribution >= 4 is 21.4 Å². The van der Waals surface area contributed by atoms with Crippen LogP contribution in [0.3, 0.4) is 0 Å². The molecule has 0 saturated heterocycles. The third-order valence-electron chi connectivity index (χ3n) is 3.10. The lowest BCUT2D eigenvalue weighted by Gasteiger charge is -2.11. The highest BCUT2D eigenvalue weighted by Gasteiger charge is 2.22. The maximum atomic E-state index is 13.9. The SMILES string of the molecule is Cc1c(NS(=O)(=O)c2ccc(C#N)cc2F)cccc1[N+](=O)[O-]. The monoisotopic (exact) mass is 335 g/mol. The summed E-state index contributed by atoms with van der Waals surface area (Å²) in [6.45, 7) is 1.38. The molecule has 118 valence electrons. The number of halogens is 1. The zero-order chi connectivity index (χ0) is 17.2. The molecule has 0 atom stereocenters. The van der Waals surface area contributed by atoms with Crippen molar-refractivity contribution in [2.75, 3.05) is 4.72 Å². The number of nitro groups is 1. The van der Waals surface area contributed by atoms with Gasteiger partial charge in [-0.15, -0.1) is 0 Å². The third-order valence-corrected chi connectivity index (χ3v) is 4.50. The maximum Gasteiger partial charge on any atom is 0.274 e. The minimum atomic E-state index is -4.29. The van der Waals surface area contributed by atoms with Crippen molar-refractivity contribution in [1.29, 1.82) is 5.26 Å². The highest BCUT2D eigenvalue weighted by molar-refractivity contribution is 7.92. The Morgan fingerprint density at radius 1 is 1.30 bits per heavy atom. The van der Waals surface area contributed by atoms with Crippen LogP contribution in [0.1, 0.15) is 11.1 Å². The zero-order valence-corrected chi connectivity index (χ0v) is 12.6. The molecule has 0 saturated carbocycles. The predicted octanol–water partition coefficient (Wildman–Crippen LogP) is 2.71. The molecule has 0 heterocycles. The van der Waals surface area contributed by atoms with Crippen molar-refractivity contribution in [1.82, 2.24) is 0 Å². The molecular formula is C14H10FN3O4S. The molecule has 0 amide bonds. The summed E-state index contributed by atoms with van der Waals surface area (Å²) >= 11 is 0. The van der Waals surface area contributed by atoms with Gasteiger partial charge in [0.1, 0.15) is 10.7 Å². The number of sulfonamides is 1. The van der Waals surface area contributed by atoms with Gasteiger partial charge >= 0.3 is 0 Å². The number of nitrogens with one attached hydrogen (secondary N) is 1. The van der Waals surface area contributed by atoms with E-state index >= 15 is 0 Å². The maximum absolute atomic E-state index is 13.9. The Morgan fingerprint density at radius 2 is 2.00 bits per heavy atom. The van der Waals surface area contributed by atoms with E-state index in [1.807, 2.05) is 0 Å². The van der Waals surface area contributed by atoms with Gasteiger partial charge in [-0.1, -0.05) is 6.07 Å². The highest BCUT2D eigenvalue weighted by Crippen LogP contribution is 2.27. The van der Waals surface area contributed by atoms with Gasteiger partial charge in [-0.25, -0.2) is 12.8 Å². The average Bonchev–Trinajstić information content (AvgIpc) is 2.48. The fourth-order valence-electron chi connectivity index (χ4n) is 1.92. The van der Waals surface area contributed by atoms with Gasteiger partial charge in [0.05, 0.1) is 27.8 Å². The van der Waals surface area contributed by atoms with Gasteiger partial charge in [-0.05, 0) is 31.2 Å². The zero-order valence-electron chi connectivity index (χ0n) is 11.8. The fourth-order valence-corrected chi connectivity index (χ4v) is 3.10. The molecule has 0 unspecified atom stereocenters. The first kappa shape index (κ1) is 16.4. The van der Waals surface area contributed by atoms with E-state index in [1.54, 1.807) is 6.07 Å². The summed E-state index contributed by atoms with van der Waals surface area (Å²) < 4.78 is 40.5. The van der Waals surface area contributed by atoms with Crippen LogP contribution in [-0.4, -0.2) is 13.3 Å². The topological polar surface area (TPSA) is 113 Å². The summed E-state index contributed by atoms with van der Waals surface area (Å²) in [4.78, 5) is 9.58. The number of anilines is 1. The number of hydrogen-bond acceptors (Lipinski definition) is 5. The van der Waals surface area contributed by atoms with E-state index in [1.165, 1.54) is 25.1 Å².